The molecule has 33 heavy (non-hydrogen) atoms. The van der Waals surface area contributed by atoms with E-state index in [2.05, 4.69) is 50.9 Å². The lowest BCUT2D eigenvalue weighted by Crippen LogP contribution is -2.15. The lowest BCUT2D eigenvalue weighted by molar-refractivity contribution is 0.413. The molecule has 0 radical (unpaired) electrons. The minimum absolute atomic E-state index is 0.0399. The second kappa shape index (κ2) is 8.71. The Hall–Kier alpha value is -3.64. The summed E-state index contributed by atoms with van der Waals surface area (Å²) >= 11 is 6.42. The summed E-state index contributed by atoms with van der Waals surface area (Å²) < 4.78 is 9.74. The lowest BCUT2D eigenvalue weighted by Gasteiger charge is -2.21. The van der Waals surface area contributed by atoms with Crippen LogP contribution >= 0.6 is 11.6 Å². The van der Waals surface area contributed by atoms with Crippen molar-refractivity contribution in [2.75, 3.05) is 13.0 Å². The number of aryl methyl sites for hydroxylation is 2. The van der Waals surface area contributed by atoms with E-state index in [4.69, 9.17) is 16.3 Å². The van der Waals surface area contributed by atoms with E-state index in [0.29, 0.717) is 5.88 Å². The maximum absolute atomic E-state index is 6.42. The van der Waals surface area contributed by atoms with E-state index in [1.807, 2.05) is 54.2 Å². The first-order chi connectivity index (χ1) is 16.1. The number of aromatic nitrogens is 5. The maximum Gasteiger partial charge on any atom is 0.165 e. The third-order valence-corrected chi connectivity index (χ3v) is 6.17. The van der Waals surface area contributed by atoms with E-state index in [0.717, 1.165) is 45.3 Å². The second-order valence-electron chi connectivity index (χ2n) is 8.09. The molecule has 6 nitrogen and oxygen atoms in total. The van der Waals surface area contributed by atoms with Gasteiger partial charge in [0.25, 0.3) is 0 Å². The monoisotopic (exact) mass is 457 g/mol. The molecule has 1 aromatic heterocycles. The van der Waals surface area contributed by atoms with E-state index >= 15 is 0 Å². The molecule has 1 unspecified atom stereocenters. The van der Waals surface area contributed by atoms with Crippen LogP contribution in [0.2, 0.25) is 0 Å². The lowest BCUT2D eigenvalue weighted by atomic mass is 10.0. The first kappa shape index (κ1) is 21.2. The largest absolute Gasteiger partial charge is 0.495 e. The number of benzene rings is 2. The second-order valence-corrected chi connectivity index (χ2v) is 8.40. The molecule has 1 atom stereocenters. The van der Waals surface area contributed by atoms with Crippen LogP contribution in [0.1, 0.15) is 22.9 Å². The van der Waals surface area contributed by atoms with Gasteiger partial charge >= 0.3 is 0 Å². The molecular weight excluding hydrogens is 434 g/mol. The van der Waals surface area contributed by atoms with Gasteiger partial charge < -0.3 is 13.9 Å². The van der Waals surface area contributed by atoms with Gasteiger partial charge in [0.1, 0.15) is 11.4 Å². The van der Waals surface area contributed by atoms with Gasteiger partial charge in [-0.1, -0.05) is 35.9 Å². The Labute approximate surface area is 197 Å². The highest BCUT2D eigenvalue weighted by Gasteiger charge is 2.23. The molecule has 0 amide bonds. The molecule has 0 N–H and O–H groups in total. The predicted molar refractivity (Wildman–Crippen MR) is 131 cm³/mol. The number of rotatable bonds is 6. The van der Waals surface area contributed by atoms with Crippen molar-refractivity contribution in [2.24, 2.45) is 0 Å². The number of methoxy groups -OCH3 is 1. The van der Waals surface area contributed by atoms with Gasteiger partial charge in [0.05, 0.1) is 30.9 Å². The number of halogens is 1. The first-order valence-corrected chi connectivity index (χ1v) is 11.3. The average molecular weight is 458 g/mol. The predicted octanol–water partition coefficient (Wildman–Crippen LogP) is 5.69. The zero-order valence-corrected chi connectivity index (χ0v) is 19.5. The quantitative estimate of drug-likeness (QED) is 0.307. The number of nitrogens with zero attached hydrogens (tertiary/aromatic N) is 5. The molecule has 2 aliphatic heterocycles. The molecule has 2 aromatic carbocycles. The van der Waals surface area contributed by atoms with Gasteiger partial charge in [0, 0.05) is 29.4 Å². The van der Waals surface area contributed by atoms with Gasteiger partial charge in [0.2, 0.25) is 0 Å². The fraction of sp³-hybridized carbons (Fsp3) is 0.192. The highest BCUT2D eigenvalue weighted by Crippen LogP contribution is 2.37. The van der Waals surface area contributed by atoms with E-state index in [1.165, 1.54) is 5.56 Å². The molecule has 7 heteroatoms. The fourth-order valence-corrected chi connectivity index (χ4v) is 4.45. The Kier molecular flexibility index (Phi) is 5.60. The van der Waals surface area contributed by atoms with Crippen LogP contribution in [0.5, 0.6) is 5.75 Å². The molecular formula is C26H24ClN5O. The van der Waals surface area contributed by atoms with Gasteiger partial charge in [0.15, 0.2) is 5.82 Å². The van der Waals surface area contributed by atoms with Gasteiger partial charge in [-0.25, -0.2) is 4.98 Å². The highest BCUT2D eigenvalue weighted by atomic mass is 35.5. The molecule has 0 aliphatic carbocycles. The molecule has 0 spiro atoms. The Morgan fingerprint density at radius 1 is 1.03 bits per heavy atom. The van der Waals surface area contributed by atoms with Crippen molar-refractivity contribution in [3.05, 3.63) is 90.1 Å². The van der Waals surface area contributed by atoms with Crippen molar-refractivity contribution in [1.82, 2.24) is 24.3 Å². The van der Waals surface area contributed by atoms with Crippen LogP contribution < -0.4 is 4.74 Å². The number of alkyl halides is 1. The van der Waals surface area contributed by atoms with E-state index in [9.17, 15) is 0 Å². The smallest absolute Gasteiger partial charge is 0.165 e. The van der Waals surface area contributed by atoms with Crippen molar-refractivity contribution >= 4 is 11.6 Å². The van der Waals surface area contributed by atoms with Crippen LogP contribution in [0.25, 0.3) is 28.3 Å². The minimum atomic E-state index is -0.0399. The van der Waals surface area contributed by atoms with E-state index in [-0.39, 0.29) is 6.04 Å². The van der Waals surface area contributed by atoms with Gasteiger partial charge in [-0.2, -0.15) is 0 Å². The summed E-state index contributed by atoms with van der Waals surface area (Å²) in [6, 6.07) is 18.5. The molecule has 166 valence electrons. The van der Waals surface area contributed by atoms with Crippen molar-refractivity contribution in [2.45, 2.75) is 19.9 Å². The number of pyridine rings is 1. The van der Waals surface area contributed by atoms with Crippen LogP contribution in [0, 0.1) is 13.8 Å². The summed E-state index contributed by atoms with van der Waals surface area (Å²) in [5.74, 6) is 1.97. The topological polar surface area (TPSA) is 57.8 Å². The van der Waals surface area contributed by atoms with Gasteiger partial charge in [-0.15, -0.1) is 21.8 Å². The van der Waals surface area contributed by atoms with Crippen LogP contribution in [0.15, 0.2) is 73.3 Å². The SMILES string of the molecule is COc1cc(-c2nnc3n(C(CCl)c4ccc(C)cc4)cccc2-3)ccc1-n1cnc(C)c1. The maximum atomic E-state index is 6.42. The van der Waals surface area contributed by atoms with Crippen LogP contribution in [-0.2, 0) is 0 Å². The fourth-order valence-electron chi connectivity index (χ4n) is 4.13. The molecule has 0 bridgehead atoms. The average Bonchev–Trinajstić information content (AvgIpc) is 3.47. The Morgan fingerprint density at radius 3 is 2.55 bits per heavy atom. The van der Waals surface area contributed by atoms with Crippen LogP contribution in [0.3, 0.4) is 0 Å². The summed E-state index contributed by atoms with van der Waals surface area (Å²) in [6.45, 7) is 4.04. The highest BCUT2D eigenvalue weighted by molar-refractivity contribution is 6.18. The van der Waals surface area contributed by atoms with Crippen molar-refractivity contribution in [1.29, 1.82) is 0 Å². The summed E-state index contributed by atoms with van der Waals surface area (Å²) in [5.41, 5.74) is 6.93. The normalized spacial score (nSPS) is 12.2. The van der Waals surface area contributed by atoms with Crippen LogP contribution in [-0.4, -0.2) is 37.3 Å². The molecule has 2 aliphatic rings. The number of fused-ring (bicyclic) bond motifs is 1. The summed E-state index contributed by atoms with van der Waals surface area (Å²) in [7, 11) is 1.67. The molecule has 3 aromatic rings. The molecule has 0 saturated heterocycles. The standard InChI is InChI=1S/C26H24ClN5O/c1-17-6-8-19(9-7-17)23(14-27)32-12-4-5-21-25(29-30-26(21)32)20-10-11-22(24(13-20)33-3)31-15-18(2)28-16-31/h4-13,15-16,23H,14H2,1-3H3. The number of hydrogen-bond acceptors (Lipinski definition) is 4. The number of hydrogen-bond donors (Lipinski definition) is 0. The molecule has 5 rings (SSSR count). The summed E-state index contributed by atoms with van der Waals surface area (Å²) in [5, 5.41) is 9.09. The first-order valence-electron chi connectivity index (χ1n) is 10.7. The third-order valence-electron chi connectivity index (χ3n) is 5.88. The number of ether oxygens (including phenoxy) is 1. The Bertz CT molecular complexity index is 1370. The van der Waals surface area contributed by atoms with Gasteiger partial charge in [-0.05, 0) is 43.7 Å². The summed E-state index contributed by atoms with van der Waals surface area (Å²) in [4.78, 5) is 4.32. The molecule has 0 fully saturated rings. The van der Waals surface area contributed by atoms with Crippen molar-refractivity contribution < 1.29 is 4.74 Å². The Balaban J connectivity index is 1.54. The number of imidazole rings is 1. The zero-order valence-electron chi connectivity index (χ0n) is 18.7. The summed E-state index contributed by atoms with van der Waals surface area (Å²) in [6.07, 6.45) is 5.76. The third kappa shape index (κ3) is 3.87. The minimum Gasteiger partial charge on any atom is -0.495 e. The molecule has 0 saturated carbocycles. The van der Waals surface area contributed by atoms with E-state index < -0.39 is 0 Å². The van der Waals surface area contributed by atoms with Crippen molar-refractivity contribution in [3.63, 3.8) is 0 Å². The van der Waals surface area contributed by atoms with Crippen LogP contribution in [0.4, 0.5) is 0 Å². The zero-order chi connectivity index (χ0) is 22.9. The Morgan fingerprint density at radius 2 is 1.85 bits per heavy atom. The van der Waals surface area contributed by atoms with E-state index in [1.54, 1.807) is 13.4 Å². The van der Waals surface area contributed by atoms with Crippen molar-refractivity contribution in [3.8, 4) is 34.1 Å². The molecule has 3 heterocycles. The van der Waals surface area contributed by atoms with Gasteiger partial charge in [-0.3, -0.25) is 0 Å².